The summed E-state index contributed by atoms with van der Waals surface area (Å²) in [7, 11) is 1.64. The maximum Gasteiger partial charge on any atom is 0.164 e. The van der Waals surface area contributed by atoms with E-state index in [0.717, 1.165) is 17.7 Å². The Morgan fingerprint density at radius 3 is 2.53 bits per heavy atom. The molecule has 0 saturated heterocycles. The molecule has 0 fully saturated rings. The molecule has 0 heterocycles. The first-order valence-corrected chi connectivity index (χ1v) is 5.86. The Kier molecular flexibility index (Phi) is 4.29. The molecule has 0 aliphatic rings. The van der Waals surface area contributed by atoms with Crippen LogP contribution in [0.4, 0.5) is 0 Å². The summed E-state index contributed by atoms with van der Waals surface area (Å²) in [6, 6.07) is 5.54. The quantitative estimate of drug-likeness (QED) is 0.798. The molecule has 0 atom stereocenters. The Morgan fingerprint density at radius 1 is 1.41 bits per heavy atom. The Balaban J connectivity index is 2.96. The minimum absolute atomic E-state index is 0.0786. The van der Waals surface area contributed by atoms with Crippen LogP contribution in [0.2, 0.25) is 0 Å². The highest BCUT2D eigenvalue weighted by molar-refractivity contribution is 5.97. The average molecular weight is 235 g/mol. The van der Waals surface area contributed by atoms with Crippen molar-refractivity contribution in [3.05, 3.63) is 29.3 Å². The van der Waals surface area contributed by atoms with Crippen LogP contribution in [0, 0.1) is 0 Å². The van der Waals surface area contributed by atoms with Gasteiger partial charge in [-0.25, -0.2) is 0 Å². The molecule has 0 aliphatic heterocycles. The second kappa shape index (κ2) is 5.32. The van der Waals surface area contributed by atoms with E-state index >= 15 is 0 Å². The molecule has 0 radical (unpaired) electrons. The highest BCUT2D eigenvalue weighted by atomic mass is 16.5. The van der Waals surface area contributed by atoms with Gasteiger partial charge in [0.2, 0.25) is 0 Å². The van der Waals surface area contributed by atoms with Crippen molar-refractivity contribution in [3.63, 3.8) is 0 Å². The van der Waals surface area contributed by atoms with Gasteiger partial charge in [-0.05, 0) is 44.0 Å². The molecule has 2 N–H and O–H groups in total. The Morgan fingerprint density at radius 2 is 2.06 bits per heavy atom. The smallest absolute Gasteiger partial charge is 0.164 e. The van der Waals surface area contributed by atoms with Gasteiger partial charge in [0, 0.05) is 17.5 Å². The lowest BCUT2D eigenvalue weighted by Crippen LogP contribution is -2.34. The summed E-state index contributed by atoms with van der Waals surface area (Å²) < 4.78 is 5.24. The number of carbonyl (C=O) groups is 1. The van der Waals surface area contributed by atoms with E-state index in [2.05, 4.69) is 0 Å². The standard InChI is InChI=1S/C14H21NO2/c1-5-10-8-11(6-7-13(10)17-4)12(16)9-14(2,3)15/h6-8H,5,9,15H2,1-4H3. The minimum atomic E-state index is -0.469. The van der Waals surface area contributed by atoms with Crippen LogP contribution < -0.4 is 10.5 Å². The summed E-state index contributed by atoms with van der Waals surface area (Å²) in [4.78, 5) is 12.0. The number of methoxy groups -OCH3 is 1. The number of rotatable bonds is 5. The molecule has 0 spiro atoms. The zero-order valence-electron chi connectivity index (χ0n) is 11.0. The number of nitrogens with two attached hydrogens (primary N) is 1. The van der Waals surface area contributed by atoms with Crippen molar-refractivity contribution in [2.24, 2.45) is 5.73 Å². The van der Waals surface area contributed by atoms with Crippen LogP contribution in [-0.2, 0) is 6.42 Å². The second-order valence-electron chi connectivity index (χ2n) is 4.97. The zero-order chi connectivity index (χ0) is 13.1. The van der Waals surface area contributed by atoms with E-state index in [1.807, 2.05) is 32.9 Å². The number of hydrogen-bond donors (Lipinski definition) is 1. The highest BCUT2D eigenvalue weighted by Crippen LogP contribution is 2.22. The summed E-state index contributed by atoms with van der Waals surface area (Å²) in [6.45, 7) is 5.75. The summed E-state index contributed by atoms with van der Waals surface area (Å²) in [5.41, 5.74) is 7.14. The van der Waals surface area contributed by atoms with Crippen molar-refractivity contribution in [2.45, 2.75) is 39.2 Å². The lowest BCUT2D eigenvalue weighted by molar-refractivity contribution is 0.0960. The molecule has 0 saturated carbocycles. The topological polar surface area (TPSA) is 52.3 Å². The molecule has 3 nitrogen and oxygen atoms in total. The molecule has 0 aromatic heterocycles. The average Bonchev–Trinajstić information content (AvgIpc) is 2.25. The Labute approximate surface area is 103 Å². The second-order valence-corrected chi connectivity index (χ2v) is 4.97. The number of benzene rings is 1. The lowest BCUT2D eigenvalue weighted by Gasteiger charge is -2.17. The molecular formula is C14H21NO2. The number of aryl methyl sites for hydroxylation is 1. The molecule has 0 bridgehead atoms. The van der Waals surface area contributed by atoms with E-state index in [4.69, 9.17) is 10.5 Å². The third-order valence-corrected chi connectivity index (χ3v) is 2.60. The maximum atomic E-state index is 12.0. The van der Waals surface area contributed by atoms with Gasteiger partial charge in [-0.3, -0.25) is 4.79 Å². The Hall–Kier alpha value is -1.35. The SMILES string of the molecule is CCc1cc(C(=O)CC(C)(C)N)ccc1OC. The molecule has 3 heteroatoms. The minimum Gasteiger partial charge on any atom is -0.496 e. The van der Waals surface area contributed by atoms with Crippen LogP contribution in [-0.4, -0.2) is 18.4 Å². The molecule has 1 aromatic carbocycles. The molecule has 1 aromatic rings. The van der Waals surface area contributed by atoms with Crippen molar-refractivity contribution in [1.29, 1.82) is 0 Å². The van der Waals surface area contributed by atoms with Gasteiger partial charge >= 0.3 is 0 Å². The first-order chi connectivity index (χ1) is 7.87. The molecule has 94 valence electrons. The van der Waals surface area contributed by atoms with Gasteiger partial charge in [0.15, 0.2) is 5.78 Å². The predicted octanol–water partition coefficient (Wildman–Crippen LogP) is 2.57. The van der Waals surface area contributed by atoms with Crippen molar-refractivity contribution in [3.8, 4) is 5.75 Å². The van der Waals surface area contributed by atoms with Crippen LogP contribution in [0.1, 0.15) is 43.1 Å². The van der Waals surface area contributed by atoms with E-state index in [1.54, 1.807) is 13.2 Å². The third-order valence-electron chi connectivity index (χ3n) is 2.60. The summed E-state index contributed by atoms with van der Waals surface area (Å²) in [6.07, 6.45) is 1.19. The van der Waals surface area contributed by atoms with Gasteiger partial charge in [-0.2, -0.15) is 0 Å². The van der Waals surface area contributed by atoms with E-state index in [9.17, 15) is 4.79 Å². The van der Waals surface area contributed by atoms with Crippen LogP contribution in [0.25, 0.3) is 0 Å². The number of ether oxygens (including phenoxy) is 1. The number of ketones is 1. The van der Waals surface area contributed by atoms with E-state index in [1.165, 1.54) is 0 Å². The largest absolute Gasteiger partial charge is 0.496 e. The summed E-state index contributed by atoms with van der Waals surface area (Å²) in [5.74, 6) is 0.908. The predicted molar refractivity (Wildman–Crippen MR) is 69.6 cm³/mol. The van der Waals surface area contributed by atoms with Crippen molar-refractivity contribution >= 4 is 5.78 Å². The molecule has 0 amide bonds. The third kappa shape index (κ3) is 3.86. The van der Waals surface area contributed by atoms with Crippen LogP contribution in [0.3, 0.4) is 0 Å². The molecule has 0 unspecified atom stereocenters. The maximum absolute atomic E-state index is 12.0. The van der Waals surface area contributed by atoms with Crippen LogP contribution >= 0.6 is 0 Å². The number of carbonyl (C=O) groups excluding carboxylic acids is 1. The van der Waals surface area contributed by atoms with Gasteiger partial charge in [0.25, 0.3) is 0 Å². The Bertz CT molecular complexity index is 405. The van der Waals surface area contributed by atoms with Crippen LogP contribution in [0.5, 0.6) is 5.75 Å². The normalized spacial score (nSPS) is 11.4. The lowest BCUT2D eigenvalue weighted by atomic mass is 9.94. The summed E-state index contributed by atoms with van der Waals surface area (Å²) in [5, 5.41) is 0. The van der Waals surface area contributed by atoms with Crippen molar-refractivity contribution in [1.82, 2.24) is 0 Å². The molecule has 1 rings (SSSR count). The molecule has 17 heavy (non-hydrogen) atoms. The van der Waals surface area contributed by atoms with Crippen molar-refractivity contribution in [2.75, 3.05) is 7.11 Å². The highest BCUT2D eigenvalue weighted by Gasteiger charge is 2.18. The first kappa shape index (κ1) is 13.7. The molecule has 0 aliphatic carbocycles. The van der Waals surface area contributed by atoms with Gasteiger partial charge in [-0.1, -0.05) is 6.92 Å². The zero-order valence-corrected chi connectivity index (χ0v) is 11.0. The van der Waals surface area contributed by atoms with Crippen molar-refractivity contribution < 1.29 is 9.53 Å². The van der Waals surface area contributed by atoms with E-state index in [-0.39, 0.29) is 5.78 Å². The van der Waals surface area contributed by atoms with E-state index in [0.29, 0.717) is 12.0 Å². The molecular weight excluding hydrogens is 214 g/mol. The van der Waals surface area contributed by atoms with Gasteiger partial charge < -0.3 is 10.5 Å². The fraction of sp³-hybridized carbons (Fsp3) is 0.500. The van der Waals surface area contributed by atoms with Gasteiger partial charge in [-0.15, -0.1) is 0 Å². The first-order valence-electron chi connectivity index (χ1n) is 5.86. The number of Topliss-reactive ketones (excluding diaryl/α,β-unsaturated/α-hetero) is 1. The van der Waals surface area contributed by atoms with Gasteiger partial charge in [0.1, 0.15) is 5.75 Å². The monoisotopic (exact) mass is 235 g/mol. The van der Waals surface area contributed by atoms with Gasteiger partial charge in [0.05, 0.1) is 7.11 Å². The fourth-order valence-electron chi connectivity index (χ4n) is 1.74. The number of hydrogen-bond acceptors (Lipinski definition) is 3. The van der Waals surface area contributed by atoms with Crippen LogP contribution in [0.15, 0.2) is 18.2 Å². The fourth-order valence-corrected chi connectivity index (χ4v) is 1.74. The van der Waals surface area contributed by atoms with E-state index < -0.39 is 5.54 Å². The summed E-state index contributed by atoms with van der Waals surface area (Å²) >= 11 is 0.